The molecule has 1 aliphatic rings. The van der Waals surface area contributed by atoms with Gasteiger partial charge in [0.15, 0.2) is 0 Å². The topological polar surface area (TPSA) is 82.1 Å². The number of nitrogens with one attached hydrogen (secondary N) is 1. The predicted octanol–water partition coefficient (Wildman–Crippen LogP) is 0.668. The monoisotopic (exact) mass is 224 g/mol. The van der Waals surface area contributed by atoms with Crippen LogP contribution in [0.3, 0.4) is 0 Å². The zero-order valence-electron chi connectivity index (χ0n) is 9.31. The molecule has 16 heavy (non-hydrogen) atoms. The van der Waals surface area contributed by atoms with Gasteiger partial charge in [0.25, 0.3) is 0 Å². The lowest BCUT2D eigenvalue weighted by Gasteiger charge is -2.29. The largest absolute Gasteiger partial charge is 0.481 e. The molecule has 0 bridgehead atoms. The number of H-pyrrole nitrogens is 1. The van der Waals surface area contributed by atoms with Crippen molar-refractivity contribution in [1.29, 1.82) is 0 Å². The minimum atomic E-state index is -0.894. The maximum Gasteiger partial charge on any atom is 0.311 e. The molecule has 0 unspecified atom stereocenters. The zero-order chi connectivity index (χ0) is 11.5. The number of hydrogen-bond donors (Lipinski definition) is 2. The number of carbonyl (C=O) groups is 1. The Morgan fingerprint density at radius 2 is 2.25 bits per heavy atom. The molecule has 1 fully saturated rings. The average Bonchev–Trinajstić information content (AvgIpc) is 2.66. The van der Waals surface area contributed by atoms with Crippen LogP contribution in [0, 0.1) is 5.92 Å². The highest BCUT2D eigenvalue weighted by Crippen LogP contribution is 2.19. The molecule has 2 rings (SSSR count). The van der Waals surface area contributed by atoms with Gasteiger partial charge in [-0.25, -0.2) is 0 Å². The van der Waals surface area contributed by atoms with Gasteiger partial charge in [0.2, 0.25) is 5.95 Å². The molecule has 88 valence electrons. The lowest BCUT2D eigenvalue weighted by atomic mass is 10.00. The average molecular weight is 224 g/mol. The highest BCUT2D eigenvalue weighted by molar-refractivity contribution is 5.69. The number of carboxylic acid groups (broad SMARTS) is 1. The maximum absolute atomic E-state index is 10.5. The summed E-state index contributed by atoms with van der Waals surface area (Å²) >= 11 is 0. The van der Waals surface area contributed by atoms with E-state index in [4.69, 9.17) is 5.11 Å². The first kappa shape index (κ1) is 10.9. The fraction of sp³-hybridized carbons (Fsp3) is 0.700. The minimum absolute atomic E-state index is 0.1000. The first-order valence-corrected chi connectivity index (χ1v) is 5.53. The molecule has 1 saturated heterocycles. The quantitative estimate of drug-likeness (QED) is 0.788. The number of aromatic nitrogens is 3. The van der Waals surface area contributed by atoms with Gasteiger partial charge in [0, 0.05) is 13.1 Å². The Morgan fingerprint density at radius 1 is 1.56 bits per heavy atom. The molecule has 0 amide bonds. The highest BCUT2D eigenvalue weighted by Gasteiger charge is 2.19. The highest BCUT2D eigenvalue weighted by atomic mass is 16.4. The molecular weight excluding hydrogens is 208 g/mol. The number of nitrogens with zero attached hydrogens (tertiary/aromatic N) is 3. The summed E-state index contributed by atoms with van der Waals surface area (Å²) in [6.07, 6.45) is 2.18. The first-order valence-electron chi connectivity index (χ1n) is 5.53. The number of anilines is 1. The smallest absolute Gasteiger partial charge is 0.311 e. The number of rotatable bonds is 3. The zero-order valence-corrected chi connectivity index (χ0v) is 9.31. The molecule has 6 nitrogen and oxygen atoms in total. The Balaban J connectivity index is 1.99. The van der Waals surface area contributed by atoms with Gasteiger partial charge in [0.05, 0.1) is 0 Å². The molecule has 0 aliphatic carbocycles. The Hall–Kier alpha value is -1.59. The third-order valence-corrected chi connectivity index (χ3v) is 2.91. The van der Waals surface area contributed by atoms with Crippen LogP contribution in [-0.4, -0.2) is 39.3 Å². The summed E-state index contributed by atoms with van der Waals surface area (Å²) in [5, 5.41) is 15.3. The fourth-order valence-electron chi connectivity index (χ4n) is 1.86. The summed E-state index contributed by atoms with van der Waals surface area (Å²) in [6.45, 7) is 4.14. The second kappa shape index (κ2) is 4.51. The molecule has 1 aliphatic heterocycles. The van der Waals surface area contributed by atoms with E-state index in [1.807, 2.05) is 0 Å². The SMILES string of the molecule is CC1CCN(c2n[nH]c(CC(=O)O)n2)CC1. The van der Waals surface area contributed by atoms with Crippen LogP contribution in [0.25, 0.3) is 0 Å². The van der Waals surface area contributed by atoms with E-state index in [1.165, 1.54) is 0 Å². The molecule has 0 saturated carbocycles. The standard InChI is InChI=1S/C10H16N4O2/c1-7-2-4-14(5-3-7)10-11-8(12-13-10)6-9(15)16/h7H,2-6H2,1H3,(H,15,16)(H,11,12,13). The maximum atomic E-state index is 10.5. The minimum Gasteiger partial charge on any atom is -0.481 e. The molecule has 0 aromatic carbocycles. The van der Waals surface area contributed by atoms with E-state index in [9.17, 15) is 4.79 Å². The first-order chi connectivity index (χ1) is 7.65. The normalized spacial score (nSPS) is 17.7. The molecule has 0 atom stereocenters. The summed E-state index contributed by atoms with van der Waals surface area (Å²) in [5.41, 5.74) is 0. The van der Waals surface area contributed by atoms with E-state index in [2.05, 4.69) is 27.0 Å². The second-order valence-corrected chi connectivity index (χ2v) is 4.32. The van der Waals surface area contributed by atoms with Gasteiger partial charge in [0.1, 0.15) is 12.2 Å². The van der Waals surface area contributed by atoms with Crippen molar-refractivity contribution in [3.05, 3.63) is 5.82 Å². The van der Waals surface area contributed by atoms with Crippen LogP contribution in [0.1, 0.15) is 25.6 Å². The van der Waals surface area contributed by atoms with Crippen LogP contribution >= 0.6 is 0 Å². The third kappa shape index (κ3) is 2.50. The van der Waals surface area contributed by atoms with Gasteiger partial charge in [-0.2, -0.15) is 4.98 Å². The van der Waals surface area contributed by atoms with E-state index in [1.54, 1.807) is 0 Å². The fourth-order valence-corrected chi connectivity index (χ4v) is 1.86. The molecule has 2 heterocycles. The van der Waals surface area contributed by atoms with Crippen molar-refractivity contribution in [2.24, 2.45) is 5.92 Å². The third-order valence-electron chi connectivity index (χ3n) is 2.91. The molecule has 1 aromatic heterocycles. The lowest BCUT2D eigenvalue weighted by Crippen LogP contribution is -2.33. The van der Waals surface area contributed by atoms with Crippen molar-refractivity contribution >= 4 is 11.9 Å². The van der Waals surface area contributed by atoms with Gasteiger partial charge in [-0.15, -0.1) is 5.10 Å². The van der Waals surface area contributed by atoms with Crippen LogP contribution in [0.4, 0.5) is 5.95 Å². The van der Waals surface area contributed by atoms with Crippen LogP contribution < -0.4 is 4.90 Å². The van der Waals surface area contributed by atoms with E-state index in [0.29, 0.717) is 11.8 Å². The number of hydrogen-bond acceptors (Lipinski definition) is 4. The molecule has 6 heteroatoms. The van der Waals surface area contributed by atoms with Gasteiger partial charge >= 0.3 is 5.97 Å². The number of aromatic amines is 1. The van der Waals surface area contributed by atoms with Crippen LogP contribution in [0.5, 0.6) is 0 Å². The van der Waals surface area contributed by atoms with Crippen LogP contribution in [0.15, 0.2) is 0 Å². The molecule has 0 radical (unpaired) electrons. The van der Waals surface area contributed by atoms with Crippen molar-refractivity contribution in [1.82, 2.24) is 15.2 Å². The molecular formula is C10H16N4O2. The van der Waals surface area contributed by atoms with E-state index < -0.39 is 5.97 Å². The Labute approximate surface area is 93.7 Å². The summed E-state index contributed by atoms with van der Waals surface area (Å²) in [6, 6.07) is 0. The van der Waals surface area contributed by atoms with Gasteiger partial charge in [-0.3, -0.25) is 9.89 Å². The predicted molar refractivity (Wildman–Crippen MR) is 58.3 cm³/mol. The molecule has 0 spiro atoms. The number of piperidine rings is 1. The van der Waals surface area contributed by atoms with Gasteiger partial charge < -0.3 is 10.0 Å². The van der Waals surface area contributed by atoms with Crippen LogP contribution in [-0.2, 0) is 11.2 Å². The Bertz CT molecular complexity index is 369. The van der Waals surface area contributed by atoms with E-state index in [-0.39, 0.29) is 6.42 Å². The number of aliphatic carboxylic acids is 1. The van der Waals surface area contributed by atoms with Crippen molar-refractivity contribution in [2.45, 2.75) is 26.2 Å². The van der Waals surface area contributed by atoms with Gasteiger partial charge in [-0.1, -0.05) is 6.92 Å². The van der Waals surface area contributed by atoms with Crippen molar-refractivity contribution in [2.75, 3.05) is 18.0 Å². The van der Waals surface area contributed by atoms with Crippen molar-refractivity contribution in [3.8, 4) is 0 Å². The second-order valence-electron chi connectivity index (χ2n) is 4.32. The van der Waals surface area contributed by atoms with E-state index >= 15 is 0 Å². The number of carboxylic acids is 1. The van der Waals surface area contributed by atoms with Crippen molar-refractivity contribution in [3.63, 3.8) is 0 Å². The lowest BCUT2D eigenvalue weighted by molar-refractivity contribution is -0.136. The Kier molecular flexibility index (Phi) is 3.07. The van der Waals surface area contributed by atoms with Gasteiger partial charge in [-0.05, 0) is 18.8 Å². The summed E-state index contributed by atoms with van der Waals surface area (Å²) in [5.74, 6) is 0.910. The van der Waals surface area contributed by atoms with Crippen molar-refractivity contribution < 1.29 is 9.90 Å². The molecule has 2 N–H and O–H groups in total. The van der Waals surface area contributed by atoms with E-state index in [0.717, 1.165) is 31.8 Å². The molecule has 1 aromatic rings. The summed E-state index contributed by atoms with van der Waals surface area (Å²) in [7, 11) is 0. The summed E-state index contributed by atoms with van der Waals surface area (Å²) < 4.78 is 0. The van der Waals surface area contributed by atoms with Crippen LogP contribution in [0.2, 0.25) is 0 Å². The Morgan fingerprint density at radius 3 is 2.88 bits per heavy atom. The summed E-state index contributed by atoms with van der Waals surface area (Å²) in [4.78, 5) is 16.8.